The Balaban J connectivity index is 1.29. The van der Waals surface area contributed by atoms with E-state index in [0.717, 1.165) is 46.8 Å². The summed E-state index contributed by atoms with van der Waals surface area (Å²) >= 11 is 0. The van der Waals surface area contributed by atoms with Crippen molar-refractivity contribution < 1.29 is 14.3 Å². The lowest BCUT2D eigenvalue weighted by atomic mass is 9.70. The number of nitrogens with zero attached hydrogens (tertiary/aromatic N) is 4. The van der Waals surface area contributed by atoms with E-state index >= 15 is 0 Å². The first-order valence-corrected chi connectivity index (χ1v) is 11.4. The fourth-order valence-corrected chi connectivity index (χ4v) is 5.51. The fraction of sp³-hybridized carbons (Fsp3) is 0.625. The van der Waals surface area contributed by atoms with Crippen molar-refractivity contribution in [2.45, 2.75) is 73.6 Å². The van der Waals surface area contributed by atoms with Gasteiger partial charge in [0.15, 0.2) is 12.3 Å². The summed E-state index contributed by atoms with van der Waals surface area (Å²) in [6, 6.07) is 1.93. The summed E-state index contributed by atoms with van der Waals surface area (Å²) in [6.45, 7) is 12.3. The van der Waals surface area contributed by atoms with Crippen LogP contribution in [0.4, 0.5) is 0 Å². The maximum Gasteiger partial charge on any atom is 0.306 e. The smallest absolute Gasteiger partial charge is 0.306 e. The van der Waals surface area contributed by atoms with E-state index in [1.165, 1.54) is 6.42 Å². The molecule has 2 aliphatic carbocycles. The molecule has 2 saturated carbocycles. The number of amides is 1. The van der Waals surface area contributed by atoms with Gasteiger partial charge in [0.25, 0.3) is 5.91 Å². The minimum Gasteiger partial charge on any atom is -0.455 e. The molecule has 2 unspecified atom stereocenters. The molecule has 2 aromatic rings. The van der Waals surface area contributed by atoms with Gasteiger partial charge in [-0.2, -0.15) is 10.2 Å². The largest absolute Gasteiger partial charge is 0.455 e. The topological polar surface area (TPSA) is 97.9 Å². The Morgan fingerprint density at radius 1 is 1.28 bits per heavy atom. The lowest BCUT2D eigenvalue weighted by Gasteiger charge is -2.34. The molecular formula is C24H33N5O3. The normalized spacial score (nSPS) is 24.9. The Morgan fingerprint density at radius 2 is 2.03 bits per heavy atom. The van der Waals surface area contributed by atoms with E-state index in [1.54, 1.807) is 4.52 Å². The molecule has 2 aromatic heterocycles. The van der Waals surface area contributed by atoms with Crippen molar-refractivity contribution in [2.75, 3.05) is 6.61 Å². The number of aromatic nitrogens is 3. The van der Waals surface area contributed by atoms with E-state index in [1.807, 2.05) is 26.8 Å². The molecule has 8 nitrogen and oxygen atoms in total. The molecule has 0 saturated heterocycles. The minimum absolute atomic E-state index is 0.0274. The van der Waals surface area contributed by atoms with Crippen LogP contribution in [-0.2, 0) is 20.7 Å². The molecule has 0 aliphatic heterocycles. The number of carbonyl (C=O) groups excluding carboxylic acids is 2. The molecule has 2 atom stereocenters. The zero-order valence-electron chi connectivity index (χ0n) is 19.9. The van der Waals surface area contributed by atoms with Gasteiger partial charge in [0.05, 0.1) is 5.69 Å². The van der Waals surface area contributed by atoms with Crippen molar-refractivity contribution >= 4 is 23.2 Å². The van der Waals surface area contributed by atoms with Crippen LogP contribution in [0.3, 0.4) is 0 Å². The van der Waals surface area contributed by atoms with Gasteiger partial charge < -0.3 is 4.74 Å². The van der Waals surface area contributed by atoms with Gasteiger partial charge in [0.1, 0.15) is 0 Å². The SMILES string of the molecule is Cc1cc2nc(C)c(CCC(=O)OCC(=O)NN=C3CC4CCC3(C)C4(C)C)c(C)n2n1. The summed E-state index contributed by atoms with van der Waals surface area (Å²) in [5, 5.41) is 8.86. The molecule has 172 valence electrons. The number of hydrogen-bond acceptors (Lipinski definition) is 6. The Labute approximate surface area is 188 Å². The lowest BCUT2D eigenvalue weighted by Crippen LogP contribution is -2.34. The minimum atomic E-state index is -0.420. The van der Waals surface area contributed by atoms with E-state index in [2.05, 4.69) is 41.4 Å². The zero-order valence-corrected chi connectivity index (χ0v) is 19.9. The van der Waals surface area contributed by atoms with E-state index < -0.39 is 11.9 Å². The number of hydrogen-bond donors (Lipinski definition) is 1. The molecule has 4 rings (SSSR count). The summed E-state index contributed by atoms with van der Waals surface area (Å²) in [6.07, 6.45) is 3.90. The summed E-state index contributed by atoms with van der Waals surface area (Å²) in [4.78, 5) is 29.0. The Morgan fingerprint density at radius 3 is 2.69 bits per heavy atom. The highest BCUT2D eigenvalue weighted by molar-refractivity contribution is 5.95. The molecule has 1 N–H and O–H groups in total. The molecular weight excluding hydrogens is 406 g/mol. The predicted molar refractivity (Wildman–Crippen MR) is 121 cm³/mol. The van der Waals surface area contributed by atoms with Crippen molar-refractivity contribution in [2.24, 2.45) is 21.8 Å². The van der Waals surface area contributed by atoms with Crippen LogP contribution in [0.25, 0.3) is 5.65 Å². The molecule has 2 heterocycles. The Kier molecular flexibility index (Phi) is 5.59. The van der Waals surface area contributed by atoms with Crippen LogP contribution >= 0.6 is 0 Å². The number of fused-ring (bicyclic) bond motifs is 3. The average molecular weight is 440 g/mol. The van der Waals surface area contributed by atoms with Crippen molar-refractivity contribution in [1.82, 2.24) is 20.0 Å². The molecule has 32 heavy (non-hydrogen) atoms. The lowest BCUT2D eigenvalue weighted by molar-refractivity contribution is -0.148. The highest BCUT2D eigenvalue weighted by Crippen LogP contribution is 2.63. The molecule has 0 aromatic carbocycles. The molecule has 0 spiro atoms. The van der Waals surface area contributed by atoms with Crippen LogP contribution in [0.5, 0.6) is 0 Å². The highest BCUT2D eigenvalue weighted by Gasteiger charge is 2.60. The van der Waals surface area contributed by atoms with Gasteiger partial charge in [-0.1, -0.05) is 20.8 Å². The maximum absolute atomic E-state index is 12.2. The van der Waals surface area contributed by atoms with Gasteiger partial charge in [-0.05, 0) is 63.4 Å². The monoisotopic (exact) mass is 439 g/mol. The number of aryl methyl sites for hydroxylation is 3. The van der Waals surface area contributed by atoms with Crippen molar-refractivity contribution in [1.29, 1.82) is 0 Å². The third-order valence-corrected chi connectivity index (χ3v) is 8.06. The molecule has 2 fully saturated rings. The number of hydrazone groups is 1. The first kappa shape index (κ1) is 22.4. The van der Waals surface area contributed by atoms with Crippen LogP contribution in [0.15, 0.2) is 11.2 Å². The molecule has 2 aliphatic rings. The van der Waals surface area contributed by atoms with Gasteiger partial charge in [-0.25, -0.2) is 14.9 Å². The summed E-state index contributed by atoms with van der Waals surface area (Å²) in [5.41, 5.74) is 8.38. The van der Waals surface area contributed by atoms with Crippen LogP contribution < -0.4 is 5.43 Å². The summed E-state index contributed by atoms with van der Waals surface area (Å²) in [7, 11) is 0. The Bertz CT molecular complexity index is 1120. The van der Waals surface area contributed by atoms with Gasteiger partial charge >= 0.3 is 5.97 Å². The van der Waals surface area contributed by atoms with E-state index in [9.17, 15) is 9.59 Å². The van der Waals surface area contributed by atoms with Crippen molar-refractivity contribution in [3.05, 3.63) is 28.7 Å². The molecule has 0 radical (unpaired) electrons. The fourth-order valence-electron chi connectivity index (χ4n) is 5.51. The highest BCUT2D eigenvalue weighted by atomic mass is 16.5. The average Bonchev–Trinajstić information content (AvgIpc) is 3.27. The maximum atomic E-state index is 12.2. The van der Waals surface area contributed by atoms with Crippen molar-refractivity contribution in [3.63, 3.8) is 0 Å². The third kappa shape index (κ3) is 3.69. The predicted octanol–water partition coefficient (Wildman–Crippen LogP) is 3.45. The first-order valence-electron chi connectivity index (χ1n) is 11.4. The molecule has 1 amide bonds. The third-order valence-electron chi connectivity index (χ3n) is 8.06. The van der Waals surface area contributed by atoms with Crippen molar-refractivity contribution in [3.8, 4) is 0 Å². The number of carbonyl (C=O) groups is 2. The quantitative estimate of drug-likeness (QED) is 0.549. The van der Waals surface area contributed by atoms with E-state index in [4.69, 9.17) is 4.74 Å². The molecule has 2 bridgehead atoms. The summed E-state index contributed by atoms with van der Waals surface area (Å²) in [5.74, 6) is -0.207. The number of nitrogens with one attached hydrogen (secondary N) is 1. The standard InChI is InChI=1S/C24H33N5O3/c1-14-11-20-25-15(2)18(16(3)29(20)28-14)7-8-22(31)32-13-21(30)27-26-19-12-17-9-10-24(19,6)23(17,4)5/h11,17H,7-10,12-13H2,1-6H3,(H,27,30). The first-order chi connectivity index (χ1) is 15.0. The second kappa shape index (κ2) is 7.98. The van der Waals surface area contributed by atoms with Crippen LogP contribution in [0, 0.1) is 37.5 Å². The molecule has 8 heteroatoms. The second-order valence-electron chi connectivity index (χ2n) is 10.1. The number of ether oxygens (including phenoxy) is 1. The Hall–Kier alpha value is -2.77. The van der Waals surface area contributed by atoms with Gasteiger partial charge in [-0.15, -0.1) is 0 Å². The second-order valence-corrected chi connectivity index (χ2v) is 10.1. The number of esters is 1. The van der Waals surface area contributed by atoms with Gasteiger partial charge in [-0.3, -0.25) is 9.59 Å². The van der Waals surface area contributed by atoms with Crippen LogP contribution in [-0.4, -0.2) is 38.8 Å². The van der Waals surface area contributed by atoms with E-state index in [0.29, 0.717) is 12.3 Å². The van der Waals surface area contributed by atoms with Crippen LogP contribution in [0.2, 0.25) is 0 Å². The number of rotatable bonds is 6. The van der Waals surface area contributed by atoms with E-state index in [-0.39, 0.29) is 23.9 Å². The van der Waals surface area contributed by atoms with Gasteiger partial charge in [0.2, 0.25) is 0 Å². The van der Waals surface area contributed by atoms with Gasteiger partial charge in [0, 0.05) is 35.0 Å². The van der Waals surface area contributed by atoms with Crippen LogP contribution in [0.1, 0.15) is 69.1 Å². The summed E-state index contributed by atoms with van der Waals surface area (Å²) < 4.78 is 6.98. The zero-order chi connectivity index (χ0) is 23.3.